The minimum absolute atomic E-state index is 0.0152. The molecule has 1 amide bonds. The molecule has 2 N–H and O–H groups in total. The van der Waals surface area contributed by atoms with E-state index in [1.807, 2.05) is 0 Å². The van der Waals surface area contributed by atoms with Crippen LogP contribution in [0.15, 0.2) is 0 Å². The molecule has 5 heteroatoms. The number of nitrogens with one attached hydrogen (secondary N) is 2. The highest BCUT2D eigenvalue weighted by molar-refractivity contribution is 5.82. The molecule has 0 spiro atoms. The van der Waals surface area contributed by atoms with Gasteiger partial charge in [0.05, 0.1) is 19.3 Å². The first-order valence-electron chi connectivity index (χ1n) is 9.59. The molecule has 0 saturated carbocycles. The molecule has 23 heavy (non-hydrogen) atoms. The second-order valence-corrected chi connectivity index (χ2v) is 7.48. The van der Waals surface area contributed by atoms with Crippen LogP contribution in [0.1, 0.15) is 52.4 Å². The van der Waals surface area contributed by atoms with E-state index in [1.54, 1.807) is 0 Å². The van der Waals surface area contributed by atoms with E-state index in [9.17, 15) is 4.79 Å². The Morgan fingerprint density at radius 2 is 1.78 bits per heavy atom. The van der Waals surface area contributed by atoms with Crippen molar-refractivity contribution in [3.63, 3.8) is 0 Å². The molecule has 3 unspecified atom stereocenters. The summed E-state index contributed by atoms with van der Waals surface area (Å²) in [5, 5.41) is 7.06. The molecule has 3 saturated heterocycles. The van der Waals surface area contributed by atoms with Crippen molar-refractivity contribution in [1.29, 1.82) is 0 Å². The molecule has 5 nitrogen and oxygen atoms in total. The molecule has 3 rings (SSSR count). The van der Waals surface area contributed by atoms with Gasteiger partial charge in [0, 0.05) is 31.2 Å². The number of hydrogen-bond acceptors (Lipinski definition) is 4. The van der Waals surface area contributed by atoms with E-state index in [4.69, 9.17) is 4.74 Å². The Balaban J connectivity index is 1.64. The lowest BCUT2D eigenvalue weighted by Crippen LogP contribution is -2.57. The summed E-state index contributed by atoms with van der Waals surface area (Å²) in [5.41, 5.74) is 0. The number of fused-ring (bicyclic) bond motifs is 2. The highest BCUT2D eigenvalue weighted by Crippen LogP contribution is 2.27. The highest BCUT2D eigenvalue weighted by atomic mass is 16.5. The zero-order chi connectivity index (χ0) is 16.2. The number of rotatable bonds is 6. The van der Waals surface area contributed by atoms with Crippen LogP contribution in [0.2, 0.25) is 0 Å². The van der Waals surface area contributed by atoms with Gasteiger partial charge in [-0.1, -0.05) is 26.7 Å². The predicted octanol–water partition coefficient (Wildman–Crippen LogP) is 1.52. The smallest absolute Gasteiger partial charge is 0.237 e. The van der Waals surface area contributed by atoms with Gasteiger partial charge in [-0.15, -0.1) is 0 Å². The van der Waals surface area contributed by atoms with Crippen LogP contribution in [-0.4, -0.2) is 61.3 Å². The average Bonchev–Trinajstić information content (AvgIpc) is 2.91. The zero-order valence-electron chi connectivity index (χ0n) is 14.7. The van der Waals surface area contributed by atoms with Crippen LogP contribution < -0.4 is 10.6 Å². The fourth-order valence-electron chi connectivity index (χ4n) is 4.73. The van der Waals surface area contributed by atoms with Crippen molar-refractivity contribution >= 4 is 5.91 Å². The third-order valence-corrected chi connectivity index (χ3v) is 6.02. The fraction of sp³-hybridized carbons (Fsp3) is 0.944. The summed E-state index contributed by atoms with van der Waals surface area (Å²) in [5.74, 6) is 0.693. The van der Waals surface area contributed by atoms with Crippen molar-refractivity contribution in [2.24, 2.45) is 5.92 Å². The fourth-order valence-corrected chi connectivity index (χ4v) is 4.73. The number of hydrogen-bond donors (Lipinski definition) is 2. The van der Waals surface area contributed by atoms with Crippen LogP contribution in [0.25, 0.3) is 0 Å². The number of amides is 1. The minimum atomic E-state index is 0.0152. The van der Waals surface area contributed by atoms with Gasteiger partial charge >= 0.3 is 0 Å². The molecular weight excluding hydrogens is 290 g/mol. The first kappa shape index (κ1) is 17.2. The van der Waals surface area contributed by atoms with Gasteiger partial charge in [0.25, 0.3) is 0 Å². The van der Waals surface area contributed by atoms with Crippen molar-refractivity contribution < 1.29 is 9.53 Å². The molecule has 3 atom stereocenters. The molecule has 0 aromatic carbocycles. The van der Waals surface area contributed by atoms with E-state index in [2.05, 4.69) is 29.4 Å². The Labute approximate surface area is 140 Å². The minimum Gasteiger partial charge on any atom is -0.379 e. The van der Waals surface area contributed by atoms with E-state index in [-0.39, 0.29) is 11.9 Å². The third-order valence-electron chi connectivity index (χ3n) is 6.02. The van der Waals surface area contributed by atoms with Crippen LogP contribution in [-0.2, 0) is 9.53 Å². The van der Waals surface area contributed by atoms with Crippen molar-refractivity contribution in [2.75, 3.05) is 26.3 Å². The number of morpholine rings is 1. The number of carbonyl (C=O) groups excluding carboxylic acids is 1. The van der Waals surface area contributed by atoms with Gasteiger partial charge in [-0.25, -0.2) is 0 Å². The maximum atomic E-state index is 13.1. The van der Waals surface area contributed by atoms with Gasteiger partial charge in [-0.05, 0) is 31.6 Å². The highest BCUT2D eigenvalue weighted by Gasteiger charge is 2.37. The summed E-state index contributed by atoms with van der Waals surface area (Å²) in [6.07, 6.45) is 6.86. The lowest BCUT2D eigenvalue weighted by Gasteiger charge is -2.39. The SMILES string of the molecule is CCC(CC)C(C(=O)NC1CC2CCC(C1)N2)N1CCOCC1. The maximum Gasteiger partial charge on any atom is 0.237 e. The first-order valence-corrected chi connectivity index (χ1v) is 9.59. The summed E-state index contributed by atoms with van der Waals surface area (Å²) >= 11 is 0. The zero-order valence-corrected chi connectivity index (χ0v) is 14.7. The molecule has 0 aromatic heterocycles. The Bertz CT molecular complexity index is 382. The van der Waals surface area contributed by atoms with Gasteiger partial charge in [-0.3, -0.25) is 9.69 Å². The lowest BCUT2D eigenvalue weighted by atomic mass is 9.91. The molecular formula is C18H33N3O2. The molecule has 2 bridgehead atoms. The third kappa shape index (κ3) is 4.06. The molecule has 0 radical (unpaired) electrons. The number of carbonyl (C=O) groups is 1. The van der Waals surface area contributed by atoms with Crippen LogP contribution >= 0.6 is 0 Å². The molecule has 132 valence electrons. The Kier molecular flexibility index (Phi) is 5.94. The molecule has 3 fully saturated rings. The van der Waals surface area contributed by atoms with Crippen molar-refractivity contribution in [3.8, 4) is 0 Å². The van der Waals surface area contributed by atoms with Crippen molar-refractivity contribution in [1.82, 2.24) is 15.5 Å². The summed E-state index contributed by atoms with van der Waals surface area (Å²) in [7, 11) is 0. The number of piperidine rings is 1. The van der Waals surface area contributed by atoms with E-state index >= 15 is 0 Å². The topological polar surface area (TPSA) is 53.6 Å². The quantitative estimate of drug-likeness (QED) is 0.778. The average molecular weight is 323 g/mol. The van der Waals surface area contributed by atoms with E-state index in [0.29, 0.717) is 24.0 Å². The molecule has 3 aliphatic heterocycles. The Hall–Kier alpha value is -0.650. The summed E-state index contributed by atoms with van der Waals surface area (Å²) in [6.45, 7) is 7.68. The van der Waals surface area contributed by atoms with Gasteiger partial charge in [0.2, 0.25) is 5.91 Å². The largest absolute Gasteiger partial charge is 0.379 e. The maximum absolute atomic E-state index is 13.1. The van der Waals surface area contributed by atoms with Crippen molar-refractivity contribution in [2.45, 2.75) is 76.5 Å². The summed E-state index contributed by atoms with van der Waals surface area (Å²) < 4.78 is 5.48. The lowest BCUT2D eigenvalue weighted by molar-refractivity contribution is -0.131. The van der Waals surface area contributed by atoms with E-state index in [1.165, 1.54) is 12.8 Å². The van der Waals surface area contributed by atoms with Crippen LogP contribution in [0, 0.1) is 5.92 Å². The monoisotopic (exact) mass is 323 g/mol. The van der Waals surface area contributed by atoms with Crippen LogP contribution in [0.4, 0.5) is 0 Å². The summed E-state index contributed by atoms with van der Waals surface area (Å²) in [6, 6.07) is 1.61. The second-order valence-electron chi connectivity index (χ2n) is 7.48. The second kappa shape index (κ2) is 7.95. The van der Waals surface area contributed by atoms with E-state index in [0.717, 1.165) is 52.0 Å². The standard InChI is InChI=1S/C18H33N3O2/c1-3-13(4-2)17(21-7-9-23-10-8-21)18(22)20-16-11-14-5-6-15(12-16)19-14/h13-17,19H,3-12H2,1-2H3,(H,20,22). The predicted molar refractivity (Wildman–Crippen MR) is 91.4 cm³/mol. The van der Waals surface area contributed by atoms with Gasteiger partial charge in [0.15, 0.2) is 0 Å². The molecule has 3 aliphatic rings. The number of ether oxygens (including phenoxy) is 1. The van der Waals surface area contributed by atoms with Gasteiger partial charge in [-0.2, -0.15) is 0 Å². The summed E-state index contributed by atoms with van der Waals surface area (Å²) in [4.78, 5) is 15.4. The van der Waals surface area contributed by atoms with Gasteiger partial charge in [0.1, 0.15) is 0 Å². The van der Waals surface area contributed by atoms with Crippen LogP contribution in [0.3, 0.4) is 0 Å². The first-order chi connectivity index (χ1) is 11.2. The Morgan fingerprint density at radius 1 is 1.17 bits per heavy atom. The molecule has 0 aromatic rings. The normalized spacial score (nSPS) is 32.9. The Morgan fingerprint density at radius 3 is 2.35 bits per heavy atom. The van der Waals surface area contributed by atoms with Gasteiger partial charge < -0.3 is 15.4 Å². The van der Waals surface area contributed by atoms with Crippen molar-refractivity contribution in [3.05, 3.63) is 0 Å². The molecule has 3 heterocycles. The molecule has 0 aliphatic carbocycles. The number of nitrogens with zero attached hydrogens (tertiary/aromatic N) is 1. The van der Waals surface area contributed by atoms with E-state index < -0.39 is 0 Å². The van der Waals surface area contributed by atoms with Crippen LogP contribution in [0.5, 0.6) is 0 Å².